The molecule has 0 saturated carbocycles. The molecule has 0 saturated heterocycles. The van der Waals surface area contributed by atoms with Crippen LogP contribution in [0.5, 0.6) is 0 Å². The Labute approximate surface area is 138 Å². The van der Waals surface area contributed by atoms with Crippen molar-refractivity contribution in [3.8, 4) is 0 Å². The van der Waals surface area contributed by atoms with Crippen LogP contribution in [0.2, 0.25) is 0 Å². The second-order valence-electron chi connectivity index (χ2n) is 6.66. The van der Waals surface area contributed by atoms with E-state index in [1.807, 2.05) is 25.5 Å². The third kappa shape index (κ3) is 4.33. The number of carbonyl (C=O) groups excluding carboxylic acids is 1. The number of nitrogens with one attached hydrogen (secondary N) is 1. The Morgan fingerprint density at radius 2 is 1.91 bits per heavy atom. The Kier molecular flexibility index (Phi) is 6.36. The van der Waals surface area contributed by atoms with E-state index in [-0.39, 0.29) is 24.3 Å². The van der Waals surface area contributed by atoms with Crippen LogP contribution in [0.1, 0.15) is 76.0 Å². The van der Waals surface area contributed by atoms with Gasteiger partial charge < -0.3 is 10.4 Å². The van der Waals surface area contributed by atoms with Crippen LogP contribution in [0.15, 0.2) is 6.20 Å². The lowest BCUT2D eigenvalue weighted by molar-refractivity contribution is -0.138. The molecule has 130 valence electrons. The van der Waals surface area contributed by atoms with Crippen LogP contribution in [-0.2, 0) is 4.79 Å². The van der Waals surface area contributed by atoms with Gasteiger partial charge in [-0.15, -0.1) is 0 Å². The third-order valence-electron chi connectivity index (χ3n) is 4.77. The topological polar surface area (TPSA) is 84.2 Å². The zero-order valence-electron chi connectivity index (χ0n) is 15.0. The summed E-state index contributed by atoms with van der Waals surface area (Å²) in [5.41, 5.74) is 0.527. The van der Waals surface area contributed by atoms with Crippen LogP contribution in [-0.4, -0.2) is 32.3 Å². The molecule has 1 aromatic heterocycles. The van der Waals surface area contributed by atoms with Gasteiger partial charge in [-0.1, -0.05) is 27.7 Å². The molecule has 0 fully saturated rings. The van der Waals surface area contributed by atoms with Gasteiger partial charge in [-0.05, 0) is 32.6 Å². The van der Waals surface area contributed by atoms with Crippen molar-refractivity contribution in [2.45, 2.75) is 72.4 Å². The predicted octanol–water partition coefficient (Wildman–Crippen LogP) is 3.17. The Bertz CT molecular complexity index is 561. The molecule has 1 atom stereocenters. The lowest BCUT2D eigenvalue weighted by Crippen LogP contribution is -2.51. The molecule has 1 heterocycles. The van der Waals surface area contributed by atoms with Crippen molar-refractivity contribution < 1.29 is 14.7 Å². The van der Waals surface area contributed by atoms with Gasteiger partial charge in [-0.25, -0.2) is 0 Å². The normalized spacial score (nSPS) is 14.1. The van der Waals surface area contributed by atoms with Gasteiger partial charge in [0.2, 0.25) is 0 Å². The number of carboxylic acid groups (broad SMARTS) is 1. The summed E-state index contributed by atoms with van der Waals surface area (Å²) in [6.07, 6.45) is 3.35. The molecule has 1 unspecified atom stereocenters. The van der Waals surface area contributed by atoms with Crippen LogP contribution in [0, 0.1) is 12.8 Å². The van der Waals surface area contributed by atoms with Gasteiger partial charge in [0.15, 0.2) is 0 Å². The van der Waals surface area contributed by atoms with Gasteiger partial charge in [0.05, 0.1) is 29.8 Å². The van der Waals surface area contributed by atoms with E-state index in [9.17, 15) is 9.59 Å². The molecular weight excluding hydrogens is 294 g/mol. The van der Waals surface area contributed by atoms with Gasteiger partial charge >= 0.3 is 5.97 Å². The number of carboxylic acids is 1. The number of nitrogens with zero attached hydrogens (tertiary/aromatic N) is 2. The Morgan fingerprint density at radius 1 is 1.35 bits per heavy atom. The van der Waals surface area contributed by atoms with Crippen molar-refractivity contribution in [1.82, 2.24) is 15.1 Å². The summed E-state index contributed by atoms with van der Waals surface area (Å²) >= 11 is 0. The fourth-order valence-electron chi connectivity index (χ4n) is 2.68. The molecular formula is C17H29N3O3. The van der Waals surface area contributed by atoms with Gasteiger partial charge in [-0.3, -0.25) is 14.3 Å². The average molecular weight is 323 g/mol. The molecule has 0 aliphatic heterocycles. The molecule has 6 nitrogen and oxygen atoms in total. The smallest absolute Gasteiger partial charge is 0.305 e. The summed E-state index contributed by atoms with van der Waals surface area (Å²) in [5, 5.41) is 16.4. The average Bonchev–Trinajstić information content (AvgIpc) is 2.81. The zero-order valence-corrected chi connectivity index (χ0v) is 15.0. The van der Waals surface area contributed by atoms with Crippen molar-refractivity contribution >= 4 is 11.9 Å². The highest BCUT2D eigenvalue weighted by Gasteiger charge is 2.34. The minimum atomic E-state index is -0.925. The minimum absolute atomic E-state index is 0.00284. The van der Waals surface area contributed by atoms with Crippen LogP contribution in [0.3, 0.4) is 0 Å². The van der Waals surface area contributed by atoms with Crippen LogP contribution >= 0.6 is 0 Å². The number of aromatic nitrogens is 2. The van der Waals surface area contributed by atoms with Crippen molar-refractivity contribution in [2.24, 2.45) is 5.92 Å². The summed E-state index contributed by atoms with van der Waals surface area (Å²) in [5.74, 6) is -1.19. The predicted molar refractivity (Wildman–Crippen MR) is 89.5 cm³/mol. The van der Waals surface area contributed by atoms with Crippen molar-refractivity contribution in [2.75, 3.05) is 0 Å². The first-order valence-corrected chi connectivity index (χ1v) is 8.24. The number of hydrogen-bond donors (Lipinski definition) is 2. The maximum absolute atomic E-state index is 12.6. The first-order valence-electron chi connectivity index (χ1n) is 8.24. The molecule has 0 bridgehead atoms. The maximum Gasteiger partial charge on any atom is 0.305 e. The van der Waals surface area contributed by atoms with Gasteiger partial charge in [0.1, 0.15) is 0 Å². The van der Waals surface area contributed by atoms with Gasteiger partial charge in [-0.2, -0.15) is 5.10 Å². The van der Waals surface area contributed by atoms with Crippen LogP contribution in [0.4, 0.5) is 0 Å². The molecule has 0 radical (unpaired) electrons. The summed E-state index contributed by atoms with van der Waals surface area (Å²) < 4.78 is 1.89. The number of aliphatic carboxylic acids is 1. The SMILES string of the molecule is CCC(CC)n1ncc(C(=O)NC(C)(CC(=O)O)C(C)C)c1C. The Morgan fingerprint density at radius 3 is 2.35 bits per heavy atom. The van der Waals surface area contributed by atoms with Crippen LogP contribution < -0.4 is 5.32 Å². The maximum atomic E-state index is 12.6. The van der Waals surface area contributed by atoms with Gasteiger partial charge in [0.25, 0.3) is 5.91 Å². The Balaban J connectivity index is 3.04. The number of amides is 1. The highest BCUT2D eigenvalue weighted by Crippen LogP contribution is 2.23. The number of carbonyl (C=O) groups is 2. The van der Waals surface area contributed by atoms with Gasteiger partial charge in [0, 0.05) is 5.69 Å². The summed E-state index contributed by atoms with van der Waals surface area (Å²) in [6, 6.07) is 0.270. The highest BCUT2D eigenvalue weighted by atomic mass is 16.4. The van der Waals surface area contributed by atoms with E-state index in [0.717, 1.165) is 18.5 Å². The quantitative estimate of drug-likeness (QED) is 0.769. The largest absolute Gasteiger partial charge is 0.481 e. The zero-order chi connectivity index (χ0) is 17.8. The van der Waals surface area contributed by atoms with E-state index in [2.05, 4.69) is 24.3 Å². The molecule has 1 rings (SSSR count). The lowest BCUT2D eigenvalue weighted by atomic mass is 9.85. The van der Waals surface area contributed by atoms with Crippen molar-refractivity contribution in [3.05, 3.63) is 17.5 Å². The van der Waals surface area contributed by atoms with E-state index in [1.165, 1.54) is 0 Å². The number of rotatable bonds is 8. The Hall–Kier alpha value is -1.85. The molecule has 0 aliphatic rings. The summed E-state index contributed by atoms with van der Waals surface area (Å²) in [6.45, 7) is 11.7. The second kappa shape index (κ2) is 7.62. The van der Waals surface area contributed by atoms with Crippen molar-refractivity contribution in [1.29, 1.82) is 0 Å². The first kappa shape index (κ1) is 19.2. The highest BCUT2D eigenvalue weighted by molar-refractivity contribution is 5.95. The van der Waals surface area contributed by atoms with Crippen molar-refractivity contribution in [3.63, 3.8) is 0 Å². The fourth-order valence-corrected chi connectivity index (χ4v) is 2.68. The molecule has 6 heteroatoms. The van der Waals surface area contributed by atoms with E-state index in [1.54, 1.807) is 13.1 Å². The van der Waals surface area contributed by atoms with E-state index in [4.69, 9.17) is 5.11 Å². The standard InChI is InChI=1S/C17H29N3O3/c1-7-13(8-2)20-12(5)14(10-18-20)16(23)19-17(6,11(3)4)9-15(21)22/h10-11,13H,7-9H2,1-6H3,(H,19,23)(H,21,22). The molecule has 0 aliphatic carbocycles. The summed E-state index contributed by atoms with van der Waals surface area (Å²) in [4.78, 5) is 23.7. The molecule has 0 aromatic carbocycles. The molecule has 1 aromatic rings. The number of hydrogen-bond acceptors (Lipinski definition) is 3. The van der Waals surface area contributed by atoms with E-state index >= 15 is 0 Å². The third-order valence-corrected chi connectivity index (χ3v) is 4.77. The lowest BCUT2D eigenvalue weighted by Gasteiger charge is -2.33. The second-order valence-corrected chi connectivity index (χ2v) is 6.66. The van der Waals surface area contributed by atoms with E-state index in [0.29, 0.717) is 5.56 Å². The first-order chi connectivity index (χ1) is 10.7. The molecule has 23 heavy (non-hydrogen) atoms. The molecule has 1 amide bonds. The molecule has 0 spiro atoms. The minimum Gasteiger partial charge on any atom is -0.481 e. The molecule has 2 N–H and O–H groups in total. The monoisotopic (exact) mass is 323 g/mol. The fraction of sp³-hybridized carbons (Fsp3) is 0.706. The van der Waals surface area contributed by atoms with Crippen LogP contribution in [0.25, 0.3) is 0 Å². The summed E-state index contributed by atoms with van der Waals surface area (Å²) in [7, 11) is 0. The van der Waals surface area contributed by atoms with E-state index < -0.39 is 11.5 Å².